The Bertz CT molecular complexity index is 817. The van der Waals surface area contributed by atoms with Crippen molar-refractivity contribution < 1.29 is 18.1 Å². The van der Waals surface area contributed by atoms with Crippen molar-refractivity contribution in [3.63, 3.8) is 0 Å². The first-order valence-electron chi connectivity index (χ1n) is 8.25. The lowest BCUT2D eigenvalue weighted by atomic mass is 10.0. The van der Waals surface area contributed by atoms with Crippen molar-refractivity contribution in [2.75, 3.05) is 29.5 Å². The Morgan fingerprint density at radius 3 is 2.56 bits per heavy atom. The van der Waals surface area contributed by atoms with E-state index in [9.17, 15) is 23.3 Å². The van der Waals surface area contributed by atoms with Crippen LogP contribution in [-0.2, 0) is 9.84 Å². The smallest absolute Gasteiger partial charge is 0.293 e. The number of benzene rings is 1. The van der Waals surface area contributed by atoms with E-state index in [1.165, 1.54) is 6.07 Å². The summed E-state index contributed by atoms with van der Waals surface area (Å²) in [5, 5.41) is 14.1. The van der Waals surface area contributed by atoms with Crippen molar-refractivity contribution >= 4 is 27.1 Å². The molecule has 25 heavy (non-hydrogen) atoms. The molecule has 9 heteroatoms. The van der Waals surface area contributed by atoms with Crippen molar-refractivity contribution in [3.05, 3.63) is 33.9 Å². The molecule has 1 unspecified atom stereocenters. The average molecular weight is 367 g/mol. The van der Waals surface area contributed by atoms with E-state index in [1.807, 2.05) is 4.90 Å². The van der Waals surface area contributed by atoms with Crippen LogP contribution in [0.4, 0.5) is 11.4 Å². The molecule has 1 atom stereocenters. The van der Waals surface area contributed by atoms with Gasteiger partial charge in [-0.15, -0.1) is 0 Å². The van der Waals surface area contributed by atoms with Gasteiger partial charge in [0.2, 0.25) is 0 Å². The Morgan fingerprint density at radius 2 is 2.00 bits per heavy atom. The summed E-state index contributed by atoms with van der Waals surface area (Å²) >= 11 is 0. The van der Waals surface area contributed by atoms with E-state index >= 15 is 0 Å². The molecule has 2 heterocycles. The molecule has 0 saturated carbocycles. The molecule has 136 valence electrons. The van der Waals surface area contributed by atoms with Crippen LogP contribution in [0.2, 0.25) is 0 Å². The van der Waals surface area contributed by atoms with Gasteiger partial charge in [0.25, 0.3) is 11.6 Å². The molecular weight excluding hydrogens is 346 g/mol. The molecule has 0 bridgehead atoms. The summed E-state index contributed by atoms with van der Waals surface area (Å²) in [4.78, 5) is 25.4. The molecular formula is C16H21N3O5S. The predicted molar refractivity (Wildman–Crippen MR) is 93.7 cm³/mol. The maximum Gasteiger partial charge on any atom is 0.293 e. The van der Waals surface area contributed by atoms with Gasteiger partial charge in [-0.2, -0.15) is 0 Å². The number of sulfone groups is 1. The SMILES string of the molecule is CC1(NC(=O)c2ccc(N3CCCC3)c([N+](=O)[O-])c2)CCS(=O)(=O)C1. The molecule has 1 aromatic rings. The lowest BCUT2D eigenvalue weighted by molar-refractivity contribution is -0.384. The Morgan fingerprint density at radius 1 is 1.32 bits per heavy atom. The van der Waals surface area contributed by atoms with E-state index in [-0.39, 0.29) is 22.8 Å². The van der Waals surface area contributed by atoms with Crippen LogP contribution in [-0.4, -0.2) is 49.4 Å². The van der Waals surface area contributed by atoms with Crippen molar-refractivity contribution in [2.45, 2.75) is 31.7 Å². The number of nitrogens with zero attached hydrogens (tertiary/aromatic N) is 2. The van der Waals surface area contributed by atoms with E-state index in [1.54, 1.807) is 19.1 Å². The molecule has 2 saturated heterocycles. The number of carbonyl (C=O) groups excluding carboxylic acids is 1. The van der Waals surface area contributed by atoms with Gasteiger partial charge >= 0.3 is 0 Å². The van der Waals surface area contributed by atoms with Crippen molar-refractivity contribution in [2.24, 2.45) is 0 Å². The maximum atomic E-state index is 12.5. The standard InChI is InChI=1S/C16H21N3O5S/c1-16(6-9-25(23,24)11-16)17-15(20)12-4-5-13(14(10-12)19(21)22)18-7-2-3-8-18/h4-5,10H,2-3,6-9,11H2,1H3,(H,17,20). The van der Waals surface area contributed by atoms with Crippen LogP contribution in [0, 0.1) is 10.1 Å². The summed E-state index contributed by atoms with van der Waals surface area (Å²) in [5.74, 6) is -0.562. The van der Waals surface area contributed by atoms with Gasteiger partial charge < -0.3 is 10.2 Å². The highest BCUT2D eigenvalue weighted by Crippen LogP contribution is 2.32. The fourth-order valence-corrected chi connectivity index (χ4v) is 5.58. The fraction of sp³-hybridized carbons (Fsp3) is 0.562. The third-order valence-corrected chi connectivity index (χ3v) is 6.70. The molecule has 3 rings (SSSR count). The van der Waals surface area contributed by atoms with Gasteiger partial charge in [0.1, 0.15) is 5.69 Å². The molecule has 2 aliphatic heterocycles. The van der Waals surface area contributed by atoms with E-state index < -0.39 is 26.2 Å². The van der Waals surface area contributed by atoms with Crippen molar-refractivity contribution in [3.8, 4) is 0 Å². The van der Waals surface area contributed by atoms with Gasteiger partial charge in [0.05, 0.1) is 22.0 Å². The van der Waals surface area contributed by atoms with Gasteiger partial charge in [-0.1, -0.05) is 0 Å². The monoisotopic (exact) mass is 367 g/mol. The average Bonchev–Trinajstić information content (AvgIpc) is 3.14. The summed E-state index contributed by atoms with van der Waals surface area (Å²) in [6.45, 7) is 3.22. The maximum absolute atomic E-state index is 12.5. The topological polar surface area (TPSA) is 110 Å². The molecule has 2 fully saturated rings. The Balaban J connectivity index is 1.83. The number of anilines is 1. The minimum absolute atomic E-state index is 0.0395. The highest BCUT2D eigenvalue weighted by atomic mass is 32.2. The summed E-state index contributed by atoms with van der Waals surface area (Å²) in [5.41, 5.74) is -0.245. The zero-order valence-electron chi connectivity index (χ0n) is 14.0. The van der Waals surface area contributed by atoms with Gasteiger partial charge in [-0.05, 0) is 38.3 Å². The van der Waals surface area contributed by atoms with E-state index in [2.05, 4.69) is 5.32 Å². The largest absolute Gasteiger partial charge is 0.366 e. The second-order valence-electron chi connectivity index (χ2n) is 7.01. The highest BCUT2D eigenvalue weighted by Gasteiger charge is 2.39. The van der Waals surface area contributed by atoms with Crippen molar-refractivity contribution in [1.29, 1.82) is 0 Å². The molecule has 8 nitrogen and oxygen atoms in total. The lowest BCUT2D eigenvalue weighted by Gasteiger charge is -2.24. The van der Waals surface area contributed by atoms with Crippen LogP contribution in [0.3, 0.4) is 0 Å². The second-order valence-corrected chi connectivity index (χ2v) is 9.20. The van der Waals surface area contributed by atoms with Crippen LogP contribution < -0.4 is 10.2 Å². The molecule has 0 aromatic heterocycles. The quantitative estimate of drug-likeness (QED) is 0.638. The first-order valence-corrected chi connectivity index (χ1v) is 10.1. The van der Waals surface area contributed by atoms with Gasteiger partial charge in [-0.25, -0.2) is 8.42 Å². The molecule has 0 radical (unpaired) electrons. The number of nitro groups is 1. The molecule has 0 spiro atoms. The lowest BCUT2D eigenvalue weighted by Crippen LogP contribution is -2.46. The summed E-state index contributed by atoms with van der Waals surface area (Å²) in [6.07, 6.45) is 2.33. The molecule has 0 aliphatic carbocycles. The zero-order valence-corrected chi connectivity index (χ0v) is 14.8. The van der Waals surface area contributed by atoms with Gasteiger partial charge in [-0.3, -0.25) is 14.9 Å². The number of carbonyl (C=O) groups is 1. The van der Waals surface area contributed by atoms with Crippen LogP contribution in [0.15, 0.2) is 18.2 Å². The summed E-state index contributed by atoms with van der Waals surface area (Å²) in [6, 6.07) is 4.44. The minimum Gasteiger partial charge on any atom is -0.366 e. The zero-order chi connectivity index (χ0) is 18.2. The Kier molecular flexibility index (Phi) is 4.44. The third kappa shape index (κ3) is 3.76. The molecule has 1 N–H and O–H groups in total. The number of hydrogen-bond acceptors (Lipinski definition) is 6. The van der Waals surface area contributed by atoms with E-state index in [0.717, 1.165) is 25.9 Å². The molecule has 1 aromatic carbocycles. The minimum atomic E-state index is -3.15. The van der Waals surface area contributed by atoms with E-state index in [0.29, 0.717) is 12.1 Å². The summed E-state index contributed by atoms with van der Waals surface area (Å²) < 4.78 is 23.3. The number of nitro benzene ring substituents is 1. The van der Waals surface area contributed by atoms with Crippen LogP contribution >= 0.6 is 0 Å². The Labute approximate surface area is 146 Å². The predicted octanol–water partition coefficient (Wildman–Crippen LogP) is 1.50. The number of hydrogen-bond donors (Lipinski definition) is 1. The third-order valence-electron chi connectivity index (χ3n) is 4.80. The Hall–Kier alpha value is -2.16. The number of rotatable bonds is 4. The van der Waals surface area contributed by atoms with Crippen LogP contribution in [0.25, 0.3) is 0 Å². The first-order chi connectivity index (χ1) is 11.7. The second kappa shape index (κ2) is 6.29. The molecule has 1 amide bonds. The summed E-state index contributed by atoms with van der Waals surface area (Å²) in [7, 11) is -3.15. The van der Waals surface area contributed by atoms with Crippen LogP contribution in [0.5, 0.6) is 0 Å². The number of nitrogens with one attached hydrogen (secondary N) is 1. The van der Waals surface area contributed by atoms with Crippen LogP contribution in [0.1, 0.15) is 36.5 Å². The number of amides is 1. The van der Waals surface area contributed by atoms with Crippen molar-refractivity contribution in [1.82, 2.24) is 5.32 Å². The van der Waals surface area contributed by atoms with E-state index in [4.69, 9.17) is 0 Å². The van der Waals surface area contributed by atoms with Gasteiger partial charge in [0, 0.05) is 24.7 Å². The van der Waals surface area contributed by atoms with Gasteiger partial charge in [0.15, 0.2) is 9.84 Å². The fourth-order valence-electron chi connectivity index (χ4n) is 3.49. The highest BCUT2D eigenvalue weighted by molar-refractivity contribution is 7.91. The normalized spacial score (nSPS) is 25.1. The first kappa shape index (κ1) is 17.7. The molecule has 2 aliphatic rings.